The number of hydrogen-bond acceptors (Lipinski definition) is 2. The van der Waals surface area contributed by atoms with Gasteiger partial charge in [0.2, 0.25) is 11.8 Å². The minimum absolute atomic E-state index is 0.172. The summed E-state index contributed by atoms with van der Waals surface area (Å²) in [6, 6.07) is 0. The van der Waals surface area contributed by atoms with E-state index in [-0.39, 0.29) is 18.2 Å². The summed E-state index contributed by atoms with van der Waals surface area (Å²) in [7, 11) is 0. The molecule has 4 heteroatoms. The van der Waals surface area contributed by atoms with Crippen molar-refractivity contribution in [2.45, 2.75) is 26.2 Å². The fraction of sp³-hybridized carbons (Fsp3) is 0.571. The van der Waals surface area contributed by atoms with Crippen LogP contribution in [0.15, 0.2) is 4.99 Å². The van der Waals surface area contributed by atoms with Crippen molar-refractivity contribution in [1.82, 2.24) is 0 Å². The quantitative estimate of drug-likeness (QED) is 0.593. The third kappa shape index (κ3) is 6.70. The molecule has 0 bridgehead atoms. The molecular formula is C7H12N2O2. The van der Waals surface area contributed by atoms with Gasteiger partial charge >= 0.3 is 0 Å². The zero-order valence-electron chi connectivity index (χ0n) is 6.54. The normalized spacial score (nSPS) is 10.3. The van der Waals surface area contributed by atoms with Gasteiger partial charge < -0.3 is 5.73 Å². The summed E-state index contributed by atoms with van der Waals surface area (Å²) in [6.07, 6.45) is 2.52. The Kier molecular flexibility index (Phi) is 4.98. The Morgan fingerprint density at radius 1 is 1.55 bits per heavy atom. The molecule has 0 heterocycles. The summed E-state index contributed by atoms with van der Waals surface area (Å²) in [5, 5.41) is 0. The second-order valence-electron chi connectivity index (χ2n) is 2.06. The van der Waals surface area contributed by atoms with Gasteiger partial charge in [-0.15, -0.1) is 0 Å². The summed E-state index contributed by atoms with van der Waals surface area (Å²) in [6.45, 7) is 1.73. The lowest BCUT2D eigenvalue weighted by atomic mass is 10.3. The zero-order chi connectivity index (χ0) is 8.69. The van der Waals surface area contributed by atoms with E-state index in [0.29, 0.717) is 12.8 Å². The van der Waals surface area contributed by atoms with E-state index in [4.69, 9.17) is 5.73 Å². The van der Waals surface area contributed by atoms with E-state index in [9.17, 15) is 9.59 Å². The molecule has 2 amide bonds. The highest BCUT2D eigenvalue weighted by molar-refractivity contribution is 5.86. The van der Waals surface area contributed by atoms with Crippen LogP contribution in [0.25, 0.3) is 0 Å². The molecule has 0 atom stereocenters. The first-order valence-electron chi connectivity index (χ1n) is 3.50. The predicted molar refractivity (Wildman–Crippen MR) is 42.2 cm³/mol. The average Bonchev–Trinajstić information content (AvgIpc) is 1.97. The summed E-state index contributed by atoms with van der Waals surface area (Å²) in [5.41, 5.74) is 4.86. The zero-order valence-corrected chi connectivity index (χ0v) is 6.54. The third-order valence-electron chi connectivity index (χ3n) is 1.06. The van der Waals surface area contributed by atoms with Gasteiger partial charge in [0.15, 0.2) is 0 Å². The molecule has 0 aliphatic heterocycles. The van der Waals surface area contributed by atoms with E-state index in [1.165, 1.54) is 6.21 Å². The third-order valence-corrected chi connectivity index (χ3v) is 1.06. The Labute approximate surface area is 65.5 Å². The maximum Gasteiger partial charge on any atom is 0.245 e. The molecule has 0 aromatic heterocycles. The smallest absolute Gasteiger partial charge is 0.245 e. The van der Waals surface area contributed by atoms with Gasteiger partial charge in [0, 0.05) is 19.1 Å². The monoisotopic (exact) mass is 156 g/mol. The molecule has 0 aromatic carbocycles. The van der Waals surface area contributed by atoms with E-state index in [1.54, 1.807) is 6.92 Å². The SMILES string of the molecule is CCC(=O)N=CCCC(N)=O. The number of primary amides is 1. The number of carbonyl (C=O) groups is 2. The molecule has 0 fully saturated rings. The molecule has 0 saturated heterocycles. The van der Waals surface area contributed by atoms with Crippen molar-refractivity contribution in [1.29, 1.82) is 0 Å². The van der Waals surface area contributed by atoms with Crippen LogP contribution in [0.5, 0.6) is 0 Å². The summed E-state index contributed by atoms with van der Waals surface area (Å²) >= 11 is 0. The lowest BCUT2D eigenvalue weighted by molar-refractivity contribution is -0.118. The molecule has 2 N–H and O–H groups in total. The van der Waals surface area contributed by atoms with Crippen LogP contribution in [0, 0.1) is 0 Å². The molecular weight excluding hydrogens is 144 g/mol. The lowest BCUT2D eigenvalue weighted by Crippen LogP contribution is -2.09. The van der Waals surface area contributed by atoms with Gasteiger partial charge in [-0.1, -0.05) is 6.92 Å². The van der Waals surface area contributed by atoms with Crippen LogP contribution in [0.3, 0.4) is 0 Å². The first-order chi connectivity index (χ1) is 5.16. The molecule has 0 aliphatic rings. The van der Waals surface area contributed by atoms with E-state index < -0.39 is 0 Å². The standard InChI is InChI=1S/C7H12N2O2/c1-2-7(11)9-5-3-4-6(8)10/h5H,2-4H2,1H3,(H2,8,10). The highest BCUT2D eigenvalue weighted by Gasteiger charge is 1.92. The minimum Gasteiger partial charge on any atom is -0.370 e. The number of carbonyl (C=O) groups excluding carboxylic acids is 2. The molecule has 62 valence electrons. The fourth-order valence-electron chi connectivity index (χ4n) is 0.464. The Morgan fingerprint density at radius 2 is 2.18 bits per heavy atom. The minimum atomic E-state index is -0.375. The first-order valence-corrected chi connectivity index (χ1v) is 3.50. The fourth-order valence-corrected chi connectivity index (χ4v) is 0.464. The lowest BCUT2D eigenvalue weighted by Gasteiger charge is -1.87. The van der Waals surface area contributed by atoms with E-state index in [1.807, 2.05) is 0 Å². The maximum atomic E-state index is 10.5. The van der Waals surface area contributed by atoms with Crippen molar-refractivity contribution in [3.8, 4) is 0 Å². The molecule has 11 heavy (non-hydrogen) atoms. The number of nitrogens with zero attached hydrogens (tertiary/aromatic N) is 1. The van der Waals surface area contributed by atoms with Gasteiger partial charge in [0.25, 0.3) is 0 Å². The molecule has 0 saturated carbocycles. The van der Waals surface area contributed by atoms with Crippen molar-refractivity contribution < 1.29 is 9.59 Å². The maximum absolute atomic E-state index is 10.5. The molecule has 0 aromatic rings. The highest BCUT2D eigenvalue weighted by Crippen LogP contribution is 1.85. The van der Waals surface area contributed by atoms with E-state index in [0.717, 1.165) is 0 Å². The Balaban J connectivity index is 3.45. The molecule has 0 aliphatic carbocycles. The van der Waals surface area contributed by atoms with Crippen LogP contribution < -0.4 is 5.73 Å². The van der Waals surface area contributed by atoms with Crippen LogP contribution >= 0.6 is 0 Å². The van der Waals surface area contributed by atoms with Gasteiger partial charge in [0.1, 0.15) is 0 Å². The highest BCUT2D eigenvalue weighted by atomic mass is 16.1. The Hall–Kier alpha value is -1.19. The second kappa shape index (κ2) is 5.58. The van der Waals surface area contributed by atoms with Crippen molar-refractivity contribution in [3.05, 3.63) is 0 Å². The van der Waals surface area contributed by atoms with Crippen LogP contribution in [0.2, 0.25) is 0 Å². The van der Waals surface area contributed by atoms with Crippen LogP contribution in [-0.2, 0) is 9.59 Å². The molecule has 4 nitrogen and oxygen atoms in total. The summed E-state index contributed by atoms with van der Waals surface area (Å²) in [4.78, 5) is 24.3. The van der Waals surface area contributed by atoms with Crippen LogP contribution in [0.1, 0.15) is 26.2 Å². The van der Waals surface area contributed by atoms with Gasteiger partial charge in [0.05, 0.1) is 0 Å². The number of hydrogen-bond donors (Lipinski definition) is 1. The number of amides is 2. The Bertz CT molecular complexity index is 175. The summed E-state index contributed by atoms with van der Waals surface area (Å²) < 4.78 is 0. The van der Waals surface area contributed by atoms with E-state index >= 15 is 0 Å². The van der Waals surface area contributed by atoms with Gasteiger partial charge in [-0.2, -0.15) is 0 Å². The number of rotatable bonds is 4. The molecule has 0 rings (SSSR count). The molecule has 0 unspecified atom stereocenters. The second-order valence-corrected chi connectivity index (χ2v) is 2.06. The number of nitrogens with two attached hydrogens (primary N) is 1. The van der Waals surface area contributed by atoms with Gasteiger partial charge in [-0.25, -0.2) is 4.99 Å². The largest absolute Gasteiger partial charge is 0.370 e. The van der Waals surface area contributed by atoms with Crippen molar-refractivity contribution >= 4 is 18.0 Å². The summed E-state index contributed by atoms with van der Waals surface area (Å²) in [5.74, 6) is -0.546. The van der Waals surface area contributed by atoms with Crippen molar-refractivity contribution in [3.63, 3.8) is 0 Å². The van der Waals surface area contributed by atoms with Gasteiger partial charge in [-0.05, 0) is 6.42 Å². The van der Waals surface area contributed by atoms with Crippen LogP contribution in [0.4, 0.5) is 0 Å². The first kappa shape index (κ1) is 9.81. The molecule has 0 spiro atoms. The van der Waals surface area contributed by atoms with E-state index in [2.05, 4.69) is 4.99 Å². The van der Waals surface area contributed by atoms with Crippen molar-refractivity contribution in [2.75, 3.05) is 0 Å². The average molecular weight is 156 g/mol. The van der Waals surface area contributed by atoms with Gasteiger partial charge in [-0.3, -0.25) is 9.59 Å². The van der Waals surface area contributed by atoms with Crippen LogP contribution in [-0.4, -0.2) is 18.0 Å². The Morgan fingerprint density at radius 3 is 2.64 bits per heavy atom. The van der Waals surface area contributed by atoms with Crippen molar-refractivity contribution in [2.24, 2.45) is 10.7 Å². The molecule has 0 radical (unpaired) electrons. The predicted octanol–water partition coefficient (Wildman–Crippen LogP) is 0.259. The topological polar surface area (TPSA) is 72.5 Å². The number of aliphatic imine (C=N–C) groups is 1.